The topological polar surface area (TPSA) is 38.7 Å². The third-order valence-electron chi connectivity index (χ3n) is 3.02. The van der Waals surface area contributed by atoms with E-state index in [1.807, 2.05) is 74.5 Å². The molecule has 0 radical (unpaired) electrons. The number of benzene rings is 2. The van der Waals surface area contributed by atoms with Gasteiger partial charge in [-0.1, -0.05) is 36.4 Å². The van der Waals surface area contributed by atoms with Gasteiger partial charge in [0.2, 0.25) is 0 Å². The largest absolute Gasteiger partial charge is 0.505 e. The summed E-state index contributed by atoms with van der Waals surface area (Å²) in [5.41, 5.74) is 0.740. The van der Waals surface area contributed by atoms with Crippen LogP contribution >= 0.6 is 0 Å². The van der Waals surface area contributed by atoms with E-state index in [0.717, 1.165) is 5.57 Å². The van der Waals surface area contributed by atoms with Crippen LogP contribution < -0.4 is 9.47 Å². The smallest absolute Gasteiger partial charge is 0.306 e. The van der Waals surface area contributed by atoms with Crippen LogP contribution in [-0.4, -0.2) is 10.9 Å². The summed E-state index contributed by atoms with van der Waals surface area (Å²) in [5, 5.41) is 10.4. The molecule has 2 rings (SSSR count). The zero-order valence-corrected chi connectivity index (χ0v) is 12.5. The highest BCUT2D eigenvalue weighted by Gasteiger charge is 2.35. The van der Waals surface area contributed by atoms with Crippen molar-refractivity contribution in [3.63, 3.8) is 0 Å². The molecule has 0 atom stereocenters. The van der Waals surface area contributed by atoms with E-state index in [1.165, 1.54) is 0 Å². The Balaban J connectivity index is 2.33. The van der Waals surface area contributed by atoms with Crippen molar-refractivity contribution in [3.8, 4) is 11.5 Å². The van der Waals surface area contributed by atoms with E-state index >= 15 is 0 Å². The minimum atomic E-state index is -1.28. The van der Waals surface area contributed by atoms with Crippen molar-refractivity contribution >= 4 is 0 Å². The van der Waals surface area contributed by atoms with Crippen molar-refractivity contribution < 1.29 is 14.6 Å². The summed E-state index contributed by atoms with van der Waals surface area (Å²) in [7, 11) is 0. The van der Waals surface area contributed by atoms with Crippen LogP contribution in [0.1, 0.15) is 20.8 Å². The van der Waals surface area contributed by atoms with E-state index in [1.54, 1.807) is 6.92 Å². The lowest BCUT2D eigenvalue weighted by atomic mass is 10.1. The number of rotatable bonds is 5. The molecule has 0 spiro atoms. The van der Waals surface area contributed by atoms with Crippen LogP contribution in [0.3, 0.4) is 0 Å². The number of para-hydroxylation sites is 2. The molecule has 0 saturated heterocycles. The van der Waals surface area contributed by atoms with E-state index in [0.29, 0.717) is 11.5 Å². The fraction of sp³-hybridized carbons (Fsp3) is 0.222. The lowest BCUT2D eigenvalue weighted by Gasteiger charge is -2.31. The highest BCUT2D eigenvalue weighted by atomic mass is 16.7. The molecule has 0 unspecified atom stereocenters. The Labute approximate surface area is 125 Å². The molecular weight excluding hydrogens is 264 g/mol. The fourth-order valence-corrected chi connectivity index (χ4v) is 2.00. The molecule has 0 aliphatic heterocycles. The monoisotopic (exact) mass is 284 g/mol. The van der Waals surface area contributed by atoms with Gasteiger partial charge < -0.3 is 14.6 Å². The Morgan fingerprint density at radius 3 is 1.52 bits per heavy atom. The normalized spacial score (nSPS) is 10.8. The van der Waals surface area contributed by atoms with Gasteiger partial charge in [0.15, 0.2) is 5.76 Å². The molecule has 0 aromatic heterocycles. The molecule has 110 valence electrons. The molecule has 2 aromatic rings. The zero-order valence-electron chi connectivity index (χ0n) is 12.5. The quantitative estimate of drug-likeness (QED) is 0.638. The Hall–Kier alpha value is -2.42. The third kappa shape index (κ3) is 3.78. The van der Waals surface area contributed by atoms with E-state index in [9.17, 15) is 5.11 Å². The third-order valence-corrected chi connectivity index (χ3v) is 3.02. The molecule has 1 N–H and O–H groups in total. The van der Waals surface area contributed by atoms with E-state index in [-0.39, 0.29) is 5.76 Å². The highest BCUT2D eigenvalue weighted by Crippen LogP contribution is 2.28. The Morgan fingerprint density at radius 1 is 0.810 bits per heavy atom. The van der Waals surface area contributed by atoms with Crippen LogP contribution in [0.2, 0.25) is 0 Å². The average molecular weight is 284 g/mol. The van der Waals surface area contributed by atoms with Crippen molar-refractivity contribution in [2.75, 3.05) is 0 Å². The number of aliphatic hydroxyl groups excluding tert-OH is 1. The second-order valence-corrected chi connectivity index (χ2v) is 5.12. The minimum Gasteiger partial charge on any atom is -0.505 e. The van der Waals surface area contributed by atoms with Crippen molar-refractivity contribution in [1.82, 2.24) is 0 Å². The summed E-state index contributed by atoms with van der Waals surface area (Å²) in [4.78, 5) is 0. The standard InChI is InChI=1S/C18H20O3/c1-14(2)17(19)18(3,20-15-10-6-4-7-11-15)21-16-12-8-5-9-13-16/h4-13,19H,1-3H3. The van der Waals surface area contributed by atoms with Crippen molar-refractivity contribution in [2.24, 2.45) is 0 Å². The summed E-state index contributed by atoms with van der Waals surface area (Å²) < 4.78 is 11.8. The van der Waals surface area contributed by atoms with Crippen LogP contribution in [-0.2, 0) is 0 Å². The van der Waals surface area contributed by atoms with E-state index in [4.69, 9.17) is 9.47 Å². The SMILES string of the molecule is CC(C)=C(O)C(C)(Oc1ccccc1)Oc1ccccc1. The maximum absolute atomic E-state index is 10.4. The number of ether oxygens (including phenoxy) is 2. The van der Waals surface area contributed by atoms with Gasteiger partial charge in [-0.3, -0.25) is 0 Å². The van der Waals surface area contributed by atoms with Gasteiger partial charge in [-0.15, -0.1) is 0 Å². The average Bonchev–Trinajstić information content (AvgIpc) is 2.48. The predicted molar refractivity (Wildman–Crippen MR) is 83.5 cm³/mol. The molecule has 0 bridgehead atoms. The van der Waals surface area contributed by atoms with Gasteiger partial charge in [0.1, 0.15) is 11.5 Å². The maximum Gasteiger partial charge on any atom is 0.306 e. The molecule has 0 amide bonds. The molecule has 0 fully saturated rings. The molecule has 0 aliphatic rings. The second-order valence-electron chi connectivity index (χ2n) is 5.12. The van der Waals surface area contributed by atoms with Gasteiger partial charge in [-0.25, -0.2) is 0 Å². The first kappa shape index (κ1) is 15.0. The molecule has 0 saturated carbocycles. The van der Waals surface area contributed by atoms with Gasteiger partial charge >= 0.3 is 5.79 Å². The van der Waals surface area contributed by atoms with E-state index in [2.05, 4.69) is 0 Å². The fourth-order valence-electron chi connectivity index (χ4n) is 2.00. The van der Waals surface area contributed by atoms with Gasteiger partial charge in [0.25, 0.3) is 0 Å². The summed E-state index contributed by atoms with van der Waals surface area (Å²) >= 11 is 0. The summed E-state index contributed by atoms with van der Waals surface area (Å²) in [5.74, 6) is 0.0457. The van der Waals surface area contributed by atoms with E-state index < -0.39 is 5.79 Å². The molecule has 3 heteroatoms. The van der Waals surface area contributed by atoms with Crippen LogP contribution in [0, 0.1) is 0 Å². The molecule has 0 aliphatic carbocycles. The van der Waals surface area contributed by atoms with Gasteiger partial charge in [0.05, 0.1) is 0 Å². The van der Waals surface area contributed by atoms with Crippen molar-refractivity contribution in [3.05, 3.63) is 72.0 Å². The number of allylic oxidation sites excluding steroid dienone is 1. The highest BCUT2D eigenvalue weighted by molar-refractivity contribution is 5.27. The number of hydrogen-bond acceptors (Lipinski definition) is 3. The minimum absolute atomic E-state index is 0.0650. The van der Waals surface area contributed by atoms with Crippen LogP contribution in [0.25, 0.3) is 0 Å². The van der Waals surface area contributed by atoms with Crippen LogP contribution in [0.5, 0.6) is 11.5 Å². The van der Waals surface area contributed by atoms with Gasteiger partial charge in [-0.05, 0) is 43.7 Å². The van der Waals surface area contributed by atoms with Crippen LogP contribution in [0.15, 0.2) is 72.0 Å². The Bertz CT molecular complexity index is 557. The lowest BCUT2D eigenvalue weighted by molar-refractivity contribution is -0.0931. The van der Waals surface area contributed by atoms with Gasteiger partial charge in [-0.2, -0.15) is 0 Å². The molecule has 3 nitrogen and oxygen atoms in total. The number of aliphatic hydroxyl groups is 1. The molecule has 0 heterocycles. The Morgan fingerprint density at radius 2 is 1.19 bits per heavy atom. The number of hydrogen-bond donors (Lipinski definition) is 1. The van der Waals surface area contributed by atoms with Gasteiger partial charge in [0, 0.05) is 6.92 Å². The first-order valence-corrected chi connectivity index (χ1v) is 6.86. The summed E-state index contributed by atoms with van der Waals surface area (Å²) in [6, 6.07) is 18.6. The predicted octanol–water partition coefficient (Wildman–Crippen LogP) is 4.71. The van der Waals surface area contributed by atoms with Crippen molar-refractivity contribution in [1.29, 1.82) is 0 Å². The maximum atomic E-state index is 10.4. The molecule has 2 aromatic carbocycles. The summed E-state index contributed by atoms with van der Waals surface area (Å²) in [6.07, 6.45) is 0. The first-order chi connectivity index (χ1) is 10.0. The summed E-state index contributed by atoms with van der Waals surface area (Å²) in [6.45, 7) is 5.34. The molecule has 21 heavy (non-hydrogen) atoms. The lowest BCUT2D eigenvalue weighted by Crippen LogP contribution is -2.41. The van der Waals surface area contributed by atoms with Crippen LogP contribution in [0.4, 0.5) is 0 Å². The Kier molecular flexibility index (Phi) is 4.53. The van der Waals surface area contributed by atoms with Crippen molar-refractivity contribution in [2.45, 2.75) is 26.6 Å². The zero-order chi connectivity index (χ0) is 15.3. The second kappa shape index (κ2) is 6.35. The molecular formula is C18H20O3. The first-order valence-electron chi connectivity index (χ1n) is 6.86.